The van der Waals surface area contributed by atoms with Crippen molar-refractivity contribution in [1.82, 2.24) is 20.2 Å². The van der Waals surface area contributed by atoms with E-state index < -0.39 is 11.7 Å². The predicted molar refractivity (Wildman–Crippen MR) is 158 cm³/mol. The van der Waals surface area contributed by atoms with Gasteiger partial charge in [0.25, 0.3) is 5.91 Å². The van der Waals surface area contributed by atoms with Gasteiger partial charge in [0.05, 0.1) is 18.3 Å². The summed E-state index contributed by atoms with van der Waals surface area (Å²) >= 11 is 0. The lowest BCUT2D eigenvalue weighted by Crippen LogP contribution is -2.54. The van der Waals surface area contributed by atoms with Crippen molar-refractivity contribution < 1.29 is 32.2 Å². The first kappa shape index (κ1) is 31.2. The molecule has 0 unspecified atom stereocenters. The topological polar surface area (TPSA) is 89.0 Å². The third kappa shape index (κ3) is 6.73. The summed E-state index contributed by atoms with van der Waals surface area (Å²) in [6, 6.07) is 4.51. The van der Waals surface area contributed by atoms with Gasteiger partial charge in [-0.25, -0.2) is 9.97 Å². The average Bonchev–Trinajstić information content (AvgIpc) is 3.04. The third-order valence-corrected chi connectivity index (χ3v) is 9.61. The lowest BCUT2D eigenvalue weighted by molar-refractivity contribution is -0.137. The first-order valence-corrected chi connectivity index (χ1v) is 15.8. The molecular formula is C32H42F3N5O4. The van der Waals surface area contributed by atoms with E-state index in [2.05, 4.69) is 5.32 Å². The summed E-state index contributed by atoms with van der Waals surface area (Å²) < 4.78 is 57.2. The lowest BCUT2D eigenvalue weighted by Gasteiger charge is -2.38. The lowest BCUT2D eigenvalue weighted by atomic mass is 9.96. The van der Waals surface area contributed by atoms with Crippen molar-refractivity contribution in [2.75, 3.05) is 58.1 Å². The molecule has 1 aromatic heterocycles. The molecule has 1 aromatic carbocycles. The molecule has 6 rings (SSSR count). The van der Waals surface area contributed by atoms with Gasteiger partial charge in [0.1, 0.15) is 17.3 Å². The zero-order valence-electron chi connectivity index (χ0n) is 25.5. The molecule has 0 spiro atoms. The smallest absolute Gasteiger partial charge is 0.381 e. The fraction of sp³-hybridized carbons (Fsp3) is 0.656. The van der Waals surface area contributed by atoms with Crippen LogP contribution in [0.15, 0.2) is 18.2 Å². The number of anilines is 1. The molecule has 0 bridgehead atoms. The van der Waals surface area contributed by atoms with Gasteiger partial charge in [-0.15, -0.1) is 0 Å². The van der Waals surface area contributed by atoms with Crippen molar-refractivity contribution in [3.8, 4) is 0 Å². The van der Waals surface area contributed by atoms with E-state index in [1.165, 1.54) is 6.07 Å². The summed E-state index contributed by atoms with van der Waals surface area (Å²) in [5, 5.41) is 3.74. The number of halogens is 3. The van der Waals surface area contributed by atoms with Gasteiger partial charge in [0.15, 0.2) is 0 Å². The van der Waals surface area contributed by atoms with E-state index in [4.69, 9.17) is 24.2 Å². The van der Waals surface area contributed by atoms with Crippen LogP contribution in [-0.2, 0) is 33.4 Å². The number of methoxy groups -OCH3 is 1. The second-order valence-electron chi connectivity index (χ2n) is 12.4. The van der Waals surface area contributed by atoms with Crippen LogP contribution < -0.4 is 10.2 Å². The minimum atomic E-state index is -4.41. The molecule has 3 fully saturated rings. The Balaban J connectivity index is 1.22. The largest absolute Gasteiger partial charge is 0.416 e. The van der Waals surface area contributed by atoms with Crippen LogP contribution in [0.3, 0.4) is 0 Å². The van der Waals surface area contributed by atoms with Crippen molar-refractivity contribution in [2.24, 2.45) is 0 Å². The van der Waals surface area contributed by atoms with E-state index in [0.717, 1.165) is 43.7 Å². The second kappa shape index (κ2) is 13.3. The number of carbonyl (C=O) groups is 1. The van der Waals surface area contributed by atoms with Gasteiger partial charge < -0.3 is 29.3 Å². The predicted octanol–water partition coefficient (Wildman–Crippen LogP) is 4.26. The van der Waals surface area contributed by atoms with Gasteiger partial charge in [0.2, 0.25) is 0 Å². The number of piperidine rings is 1. The van der Waals surface area contributed by atoms with Crippen LogP contribution >= 0.6 is 0 Å². The fourth-order valence-corrected chi connectivity index (χ4v) is 6.93. The molecule has 44 heavy (non-hydrogen) atoms. The quantitative estimate of drug-likeness (QED) is 0.515. The summed E-state index contributed by atoms with van der Waals surface area (Å²) in [4.78, 5) is 27.8. The molecule has 3 saturated heterocycles. The number of aromatic nitrogens is 2. The van der Waals surface area contributed by atoms with Crippen LogP contribution in [0.1, 0.15) is 76.6 Å². The highest BCUT2D eigenvalue weighted by molar-refractivity contribution is 5.95. The molecule has 4 aliphatic rings. The van der Waals surface area contributed by atoms with Crippen LogP contribution in [0.25, 0.3) is 0 Å². The van der Waals surface area contributed by atoms with E-state index >= 15 is 0 Å². The number of likely N-dealkylation sites (tertiary alicyclic amines) is 1. The van der Waals surface area contributed by atoms with E-state index in [-0.39, 0.29) is 30.0 Å². The van der Waals surface area contributed by atoms with Gasteiger partial charge in [-0.05, 0) is 68.7 Å². The Kier molecular flexibility index (Phi) is 9.42. The number of rotatable bonds is 6. The standard InChI is InChI=1S/C32H42F3N5O4/c1-20-28(31(41)39-12-6-25(7-13-39)36-26-10-16-44-19-27(26)42-2)37-29(22-8-14-43-15-9-22)38-30(20)40-11-5-21-3-4-24(32(33,34)35)17-23(21)18-40/h3-4,17,22,25-27,36H,5-16,18-19H2,1-2H3/t26-,27+/m1/s1. The molecular weight excluding hydrogens is 575 g/mol. The van der Waals surface area contributed by atoms with E-state index in [9.17, 15) is 18.0 Å². The molecule has 4 aliphatic heterocycles. The number of nitrogens with zero attached hydrogens (tertiary/aromatic N) is 4. The summed E-state index contributed by atoms with van der Waals surface area (Å²) in [7, 11) is 1.71. The highest BCUT2D eigenvalue weighted by Gasteiger charge is 2.34. The molecule has 240 valence electrons. The number of nitrogens with one attached hydrogen (secondary N) is 1. The molecule has 5 heterocycles. The SMILES string of the molecule is CO[C@H]1COCC[C@H]1NC1CCN(C(=O)c2nc(C3CCOCC3)nc(N3CCc4ccc(C(F)(F)F)cc4C3)c2C)CC1. The van der Waals surface area contributed by atoms with Crippen LogP contribution in [0, 0.1) is 6.92 Å². The Hall–Kier alpha value is -2.80. The molecule has 1 amide bonds. The summed E-state index contributed by atoms with van der Waals surface area (Å²) in [5.41, 5.74) is 1.97. The molecule has 2 atom stereocenters. The zero-order valence-corrected chi connectivity index (χ0v) is 25.5. The van der Waals surface area contributed by atoms with Gasteiger partial charge in [-0.1, -0.05) is 6.07 Å². The van der Waals surface area contributed by atoms with Crippen molar-refractivity contribution in [3.63, 3.8) is 0 Å². The summed E-state index contributed by atoms with van der Waals surface area (Å²) in [6.07, 6.45) is 0.298. The normalized spacial score (nSPS) is 23.9. The van der Waals surface area contributed by atoms with Crippen LogP contribution in [0.2, 0.25) is 0 Å². The molecule has 9 nitrogen and oxygen atoms in total. The summed E-state index contributed by atoms with van der Waals surface area (Å²) in [5.74, 6) is 1.20. The summed E-state index contributed by atoms with van der Waals surface area (Å²) in [6.45, 7) is 6.49. The Morgan fingerprint density at radius 3 is 2.48 bits per heavy atom. The maximum Gasteiger partial charge on any atom is 0.416 e. The maximum atomic E-state index is 14.0. The van der Waals surface area contributed by atoms with E-state index in [0.29, 0.717) is 87.5 Å². The molecule has 12 heteroatoms. The number of fused-ring (bicyclic) bond motifs is 1. The van der Waals surface area contributed by atoms with Crippen molar-refractivity contribution >= 4 is 11.7 Å². The van der Waals surface area contributed by atoms with E-state index in [1.54, 1.807) is 13.2 Å². The minimum Gasteiger partial charge on any atom is -0.381 e. The number of amides is 1. The Morgan fingerprint density at radius 2 is 1.75 bits per heavy atom. The minimum absolute atomic E-state index is 0.0240. The van der Waals surface area contributed by atoms with Crippen LogP contribution in [-0.4, -0.2) is 92.1 Å². The molecule has 0 radical (unpaired) electrons. The van der Waals surface area contributed by atoms with Gasteiger partial charge >= 0.3 is 6.18 Å². The second-order valence-corrected chi connectivity index (χ2v) is 12.4. The van der Waals surface area contributed by atoms with Crippen LogP contribution in [0.4, 0.5) is 19.0 Å². The first-order valence-electron chi connectivity index (χ1n) is 15.8. The molecule has 2 aromatic rings. The van der Waals surface area contributed by atoms with Crippen LogP contribution in [0.5, 0.6) is 0 Å². The number of alkyl halides is 3. The fourth-order valence-electron chi connectivity index (χ4n) is 6.93. The van der Waals surface area contributed by atoms with Crippen molar-refractivity contribution in [3.05, 3.63) is 52.0 Å². The number of ether oxygens (including phenoxy) is 3. The monoisotopic (exact) mass is 617 g/mol. The number of hydrogen-bond acceptors (Lipinski definition) is 8. The Morgan fingerprint density at radius 1 is 1.00 bits per heavy atom. The zero-order chi connectivity index (χ0) is 30.8. The van der Waals surface area contributed by atoms with Gasteiger partial charge in [0, 0.05) is 76.7 Å². The van der Waals surface area contributed by atoms with Gasteiger partial charge in [-0.2, -0.15) is 13.2 Å². The molecule has 1 N–H and O–H groups in total. The van der Waals surface area contributed by atoms with E-state index in [1.807, 2.05) is 16.7 Å². The third-order valence-electron chi connectivity index (χ3n) is 9.61. The molecule has 0 saturated carbocycles. The van der Waals surface area contributed by atoms with Crippen molar-refractivity contribution in [2.45, 2.75) is 82.3 Å². The Labute approximate surface area is 256 Å². The Bertz CT molecular complexity index is 1330. The highest BCUT2D eigenvalue weighted by atomic mass is 19.4. The maximum absolute atomic E-state index is 14.0. The van der Waals surface area contributed by atoms with Gasteiger partial charge in [-0.3, -0.25) is 4.79 Å². The number of hydrogen-bond donors (Lipinski definition) is 1. The molecule has 0 aliphatic carbocycles. The average molecular weight is 618 g/mol. The number of benzene rings is 1. The number of carbonyl (C=O) groups excluding carboxylic acids is 1. The highest BCUT2D eigenvalue weighted by Crippen LogP contribution is 2.35. The van der Waals surface area contributed by atoms with Crippen molar-refractivity contribution in [1.29, 1.82) is 0 Å². The first-order chi connectivity index (χ1) is 21.2.